The van der Waals surface area contributed by atoms with Gasteiger partial charge in [-0.3, -0.25) is 4.98 Å². The number of benzene rings is 8. The third-order valence-electron chi connectivity index (χ3n) is 15.6. The first-order chi connectivity index (χ1) is 33.5. The van der Waals surface area contributed by atoms with Gasteiger partial charge in [-0.1, -0.05) is 160 Å². The van der Waals surface area contributed by atoms with E-state index in [4.69, 9.17) is 9.40 Å². The fourth-order valence-corrected chi connectivity index (χ4v) is 10.9. The predicted molar refractivity (Wildman–Crippen MR) is 295 cm³/mol. The molecule has 0 spiro atoms. The van der Waals surface area contributed by atoms with Gasteiger partial charge in [-0.2, -0.15) is 0 Å². The molecule has 3 aromatic heterocycles. The first kappa shape index (κ1) is 48.0. The molecule has 12 rings (SSSR count). The van der Waals surface area contributed by atoms with Crippen LogP contribution in [-0.2, 0) is 36.4 Å². The number of fused-ring (bicyclic) bond motifs is 6. The molecule has 3 heterocycles. The van der Waals surface area contributed by atoms with Gasteiger partial charge in [-0.25, -0.2) is 0 Å². The zero-order chi connectivity index (χ0) is 48.9. The summed E-state index contributed by atoms with van der Waals surface area (Å²) in [5, 5.41) is 7.38. The third-order valence-corrected chi connectivity index (χ3v) is 15.6. The van der Waals surface area contributed by atoms with Gasteiger partial charge in [0.05, 0.1) is 22.4 Å². The Hall–Kier alpha value is -6.65. The van der Waals surface area contributed by atoms with Gasteiger partial charge in [0, 0.05) is 37.4 Å². The summed E-state index contributed by atoms with van der Waals surface area (Å²) in [6.45, 7) is 25.4. The summed E-state index contributed by atoms with van der Waals surface area (Å²) < 4.78 is 9.38. The van der Waals surface area contributed by atoms with E-state index in [-0.39, 0.29) is 48.2 Å². The van der Waals surface area contributed by atoms with E-state index < -0.39 is 0 Å². The first-order valence-electron chi connectivity index (χ1n) is 25.0. The van der Waals surface area contributed by atoms with E-state index in [1.807, 2.05) is 36.5 Å². The summed E-state index contributed by atoms with van der Waals surface area (Å²) in [5.74, 6) is 1.39. The molecule has 0 N–H and O–H groups in total. The van der Waals surface area contributed by atoms with Crippen molar-refractivity contribution in [2.24, 2.45) is 0 Å². The van der Waals surface area contributed by atoms with Gasteiger partial charge in [0.25, 0.3) is 0 Å². The summed E-state index contributed by atoms with van der Waals surface area (Å²) in [7, 11) is 0. The van der Waals surface area contributed by atoms with E-state index in [0.29, 0.717) is 0 Å². The molecule has 4 nitrogen and oxygen atoms in total. The maximum Gasteiger partial charge on any atom is 0.121 e. The fraction of sp³-hybridized carbons (Fsp3) is 0.242. The van der Waals surface area contributed by atoms with Gasteiger partial charge in [0.15, 0.2) is 0 Å². The Morgan fingerprint density at radius 1 is 0.606 bits per heavy atom. The molecule has 8 aromatic carbocycles. The molecular weight excluding hydrogens is 1040 g/mol. The fourth-order valence-electron chi connectivity index (χ4n) is 10.9. The third kappa shape index (κ3) is 7.93. The van der Waals surface area contributed by atoms with Gasteiger partial charge in [0.2, 0.25) is 0 Å². The van der Waals surface area contributed by atoms with Crippen molar-refractivity contribution in [1.82, 2.24) is 14.5 Å². The van der Waals surface area contributed by atoms with Gasteiger partial charge < -0.3 is 14.0 Å². The molecule has 0 amide bonds. The monoisotopic (exact) mass is 1100 g/mol. The molecule has 0 unspecified atom stereocenters. The Bertz CT molecular complexity index is 3760. The molecule has 0 atom stereocenters. The zero-order valence-electron chi connectivity index (χ0n) is 42.7. The number of pyridine rings is 1. The van der Waals surface area contributed by atoms with E-state index in [9.17, 15) is 0 Å². The molecule has 357 valence electrons. The van der Waals surface area contributed by atoms with Crippen molar-refractivity contribution < 1.29 is 24.5 Å². The average Bonchev–Trinajstić information content (AvgIpc) is 3.97. The van der Waals surface area contributed by atoms with Gasteiger partial charge in [-0.05, 0) is 137 Å². The molecule has 0 aliphatic heterocycles. The Kier molecular flexibility index (Phi) is 12.1. The zero-order valence-corrected chi connectivity index (χ0v) is 45.1. The number of hydrogen-bond donors (Lipinski definition) is 0. The topological polar surface area (TPSA) is 43.9 Å². The normalized spacial score (nSPS) is 13.9. The first-order valence-corrected chi connectivity index (χ1v) is 25.0. The number of hydrogen-bond acceptors (Lipinski definition) is 3. The van der Waals surface area contributed by atoms with Crippen molar-refractivity contribution >= 4 is 54.5 Å². The molecule has 5 heteroatoms. The van der Waals surface area contributed by atoms with Crippen molar-refractivity contribution in [3.63, 3.8) is 0 Å². The number of rotatable bonds is 6. The molecule has 71 heavy (non-hydrogen) atoms. The molecular formula is C66H61IrN3O-2. The smallest absolute Gasteiger partial charge is 0.121 e. The van der Waals surface area contributed by atoms with Crippen molar-refractivity contribution in [1.29, 1.82) is 0 Å². The summed E-state index contributed by atoms with van der Waals surface area (Å²) in [6.07, 6.45) is 1.95. The number of para-hydroxylation sites is 2. The van der Waals surface area contributed by atoms with Gasteiger partial charge in [-0.15, -0.1) is 54.1 Å². The van der Waals surface area contributed by atoms with Crippen molar-refractivity contribution in [2.45, 2.75) is 104 Å². The number of aromatic nitrogens is 3. The van der Waals surface area contributed by atoms with Crippen LogP contribution < -0.4 is 0 Å². The van der Waals surface area contributed by atoms with Crippen LogP contribution in [0.3, 0.4) is 0 Å². The summed E-state index contributed by atoms with van der Waals surface area (Å²) >= 11 is 0. The van der Waals surface area contributed by atoms with Crippen molar-refractivity contribution in [3.8, 4) is 39.5 Å². The van der Waals surface area contributed by atoms with Crippen LogP contribution in [0.1, 0.15) is 116 Å². The Labute approximate surface area is 432 Å². The standard InChI is InChI=1S/C51H45N2O.C15H16N.Ir/c1-29(2)37-24-32(31-16-10-9-11-17-31)25-38(30(3)4)47(37)53-44-23-13-12-22-43(44)52-49(53)36-20-14-19-35-40-26-33-27-42-46-34(39(33)28-45(40)54-48(35)36)18-15-21-41(46)50(5,6)51(42,7)8;1-15(2,3)13-9-10-14(16-11-13)12-7-5-4-6-8-12;/h9-19,21-30H,1-8H3;4-7,9-11H,1-3H3;/q2*-1;. The number of nitrogens with zero attached hydrogens (tertiary/aromatic N) is 3. The van der Waals surface area contributed by atoms with E-state index in [0.717, 1.165) is 55.6 Å². The molecule has 0 saturated heterocycles. The van der Waals surface area contributed by atoms with Crippen LogP contribution in [0.2, 0.25) is 0 Å². The number of imidazole rings is 1. The minimum atomic E-state index is 0. The van der Waals surface area contributed by atoms with Crippen molar-refractivity contribution in [3.05, 3.63) is 198 Å². The molecule has 0 bridgehead atoms. The van der Waals surface area contributed by atoms with E-state index in [1.165, 1.54) is 66.2 Å². The van der Waals surface area contributed by atoms with E-state index in [2.05, 4.69) is 219 Å². The van der Waals surface area contributed by atoms with Crippen LogP contribution >= 0.6 is 0 Å². The molecule has 1 aliphatic carbocycles. The second-order valence-electron chi connectivity index (χ2n) is 22.1. The Morgan fingerprint density at radius 3 is 1.99 bits per heavy atom. The maximum atomic E-state index is 6.99. The van der Waals surface area contributed by atoms with Crippen LogP contribution in [0.15, 0.2) is 162 Å². The molecule has 0 fully saturated rings. The SMILES string of the molecule is CC(C)(C)c1ccc(-c2[c-]cccc2)nc1.CC(C)c1cc(-c2ccccc2)cc(C(C)C)c1-n1c(-c2[c-]ccc3c2oc2cc4c(cc5c6c(cccc64)C(C)(C)C5(C)C)cc23)nc2ccccc21.[Ir]. The predicted octanol–water partition coefficient (Wildman–Crippen LogP) is 18.0. The van der Waals surface area contributed by atoms with Crippen LogP contribution in [-0.4, -0.2) is 14.5 Å². The summed E-state index contributed by atoms with van der Waals surface area (Å²) in [4.78, 5) is 9.87. The average molecular weight is 1100 g/mol. The summed E-state index contributed by atoms with van der Waals surface area (Å²) in [6, 6.07) is 61.1. The molecule has 1 aliphatic rings. The minimum absolute atomic E-state index is 0. The maximum absolute atomic E-state index is 6.99. The van der Waals surface area contributed by atoms with Crippen molar-refractivity contribution in [2.75, 3.05) is 0 Å². The Balaban J connectivity index is 0.000000292. The second-order valence-corrected chi connectivity index (χ2v) is 22.1. The van der Waals surface area contributed by atoms with E-state index >= 15 is 0 Å². The van der Waals surface area contributed by atoms with Gasteiger partial charge >= 0.3 is 0 Å². The van der Waals surface area contributed by atoms with Crippen LogP contribution in [0, 0.1) is 12.1 Å². The molecule has 0 saturated carbocycles. The summed E-state index contributed by atoms with van der Waals surface area (Å²) in [5.41, 5.74) is 17.2. The number of furan rings is 1. The van der Waals surface area contributed by atoms with Crippen LogP contribution in [0.25, 0.3) is 94.0 Å². The molecule has 1 radical (unpaired) electrons. The minimum Gasteiger partial charge on any atom is -0.501 e. The quantitative estimate of drug-likeness (QED) is 0.123. The van der Waals surface area contributed by atoms with E-state index in [1.54, 1.807) is 0 Å². The largest absolute Gasteiger partial charge is 0.501 e. The Morgan fingerprint density at radius 2 is 1.31 bits per heavy atom. The van der Waals surface area contributed by atoms with Gasteiger partial charge in [0.1, 0.15) is 5.58 Å². The van der Waals surface area contributed by atoms with Crippen LogP contribution in [0.5, 0.6) is 0 Å². The van der Waals surface area contributed by atoms with Crippen LogP contribution in [0.4, 0.5) is 0 Å². The second kappa shape index (κ2) is 17.9. The molecule has 11 aromatic rings.